The second-order valence-electron chi connectivity index (χ2n) is 4.36. The molecule has 1 aliphatic heterocycles. The molecular formula is C11H14F2N2O3S. The molecule has 106 valence electrons. The van der Waals surface area contributed by atoms with E-state index in [1.165, 1.54) is 7.05 Å². The molecule has 19 heavy (non-hydrogen) atoms. The van der Waals surface area contributed by atoms with Crippen LogP contribution >= 0.6 is 0 Å². The van der Waals surface area contributed by atoms with E-state index < -0.39 is 38.7 Å². The fourth-order valence-electron chi connectivity index (χ4n) is 2.07. The molecule has 0 saturated carbocycles. The number of sulfonamides is 1. The molecule has 2 rings (SSSR count). The number of aliphatic hydroxyl groups is 1. The lowest BCUT2D eigenvalue weighted by Crippen LogP contribution is -2.44. The third-order valence-electron chi connectivity index (χ3n) is 3.17. The minimum Gasteiger partial charge on any atom is -0.390 e. The number of aliphatic hydroxyl groups excluding tert-OH is 1. The van der Waals surface area contributed by atoms with Gasteiger partial charge in [-0.1, -0.05) is 6.07 Å². The molecule has 0 bridgehead atoms. The van der Waals surface area contributed by atoms with E-state index in [4.69, 9.17) is 0 Å². The Kier molecular flexibility index (Phi) is 3.86. The summed E-state index contributed by atoms with van der Waals surface area (Å²) in [6.07, 6.45) is -0.908. The van der Waals surface area contributed by atoms with E-state index in [0.29, 0.717) is 0 Å². The van der Waals surface area contributed by atoms with E-state index in [9.17, 15) is 22.3 Å². The molecule has 0 radical (unpaired) electrons. The maximum atomic E-state index is 13.6. The Balaban J connectivity index is 2.42. The van der Waals surface area contributed by atoms with Crippen LogP contribution in [0.2, 0.25) is 0 Å². The van der Waals surface area contributed by atoms with Crippen LogP contribution in [0.15, 0.2) is 23.1 Å². The smallest absolute Gasteiger partial charge is 0.249 e. The van der Waals surface area contributed by atoms with Crippen molar-refractivity contribution in [3.8, 4) is 0 Å². The van der Waals surface area contributed by atoms with Gasteiger partial charge in [0.25, 0.3) is 0 Å². The molecule has 1 aromatic carbocycles. The summed E-state index contributed by atoms with van der Waals surface area (Å²) in [5.41, 5.74) is 0. The summed E-state index contributed by atoms with van der Waals surface area (Å²) in [6, 6.07) is 2.11. The topological polar surface area (TPSA) is 69.6 Å². The van der Waals surface area contributed by atoms with Crippen LogP contribution in [0.4, 0.5) is 8.78 Å². The molecule has 0 aliphatic carbocycles. The summed E-state index contributed by atoms with van der Waals surface area (Å²) in [5.74, 6) is -2.29. The van der Waals surface area contributed by atoms with E-state index in [-0.39, 0.29) is 13.1 Å². The zero-order chi connectivity index (χ0) is 14.2. The Labute approximate surface area is 109 Å². The molecule has 1 aromatic rings. The standard InChI is InChI=1S/C11H14F2N2O3S/c1-15(9-5-14-6-10(9)16)19(17,18)11-7(12)3-2-4-8(11)13/h2-4,9-10,14,16H,5-6H2,1H3/t9-,10-/m1/s1. The van der Waals surface area contributed by atoms with Crippen molar-refractivity contribution in [2.45, 2.75) is 17.0 Å². The molecule has 1 heterocycles. The Bertz CT molecular complexity index is 559. The maximum absolute atomic E-state index is 13.6. The van der Waals surface area contributed by atoms with E-state index in [0.717, 1.165) is 22.5 Å². The summed E-state index contributed by atoms with van der Waals surface area (Å²) in [4.78, 5) is -0.989. The number of benzene rings is 1. The van der Waals surface area contributed by atoms with Gasteiger partial charge in [-0.05, 0) is 12.1 Å². The zero-order valence-electron chi connectivity index (χ0n) is 10.2. The van der Waals surface area contributed by atoms with Gasteiger partial charge in [-0.15, -0.1) is 0 Å². The normalized spacial score (nSPS) is 24.1. The average molecular weight is 292 g/mol. The minimum absolute atomic E-state index is 0.229. The quantitative estimate of drug-likeness (QED) is 0.817. The highest BCUT2D eigenvalue weighted by Gasteiger charge is 2.38. The van der Waals surface area contributed by atoms with E-state index in [1.807, 2.05) is 0 Å². The number of halogens is 2. The van der Waals surface area contributed by atoms with Gasteiger partial charge in [-0.2, -0.15) is 4.31 Å². The highest BCUT2D eigenvalue weighted by molar-refractivity contribution is 7.89. The summed E-state index contributed by atoms with van der Waals surface area (Å²) in [6.45, 7) is 0.469. The van der Waals surface area contributed by atoms with Gasteiger partial charge in [0, 0.05) is 20.1 Å². The molecule has 1 saturated heterocycles. The SMILES string of the molecule is CN([C@@H]1CNC[C@H]1O)S(=O)(=O)c1c(F)cccc1F. The second kappa shape index (κ2) is 5.12. The molecular weight excluding hydrogens is 278 g/mol. The number of nitrogens with one attached hydrogen (secondary N) is 1. The van der Waals surface area contributed by atoms with Crippen LogP contribution in [-0.2, 0) is 10.0 Å². The van der Waals surface area contributed by atoms with Crippen molar-refractivity contribution in [3.05, 3.63) is 29.8 Å². The highest BCUT2D eigenvalue weighted by Crippen LogP contribution is 2.24. The molecule has 2 atom stereocenters. The van der Waals surface area contributed by atoms with Crippen molar-refractivity contribution < 1.29 is 22.3 Å². The third kappa shape index (κ3) is 2.48. The first-order chi connectivity index (χ1) is 8.85. The Morgan fingerprint density at radius 2 is 1.89 bits per heavy atom. The lowest BCUT2D eigenvalue weighted by Gasteiger charge is -2.25. The number of hydrogen-bond acceptors (Lipinski definition) is 4. The van der Waals surface area contributed by atoms with Crippen LogP contribution in [-0.4, -0.2) is 50.1 Å². The number of β-amino-alcohol motifs (C(OH)–C–C–N with tert-alkyl or cyclic N) is 1. The third-order valence-corrected chi connectivity index (χ3v) is 5.11. The van der Waals surface area contributed by atoms with E-state index >= 15 is 0 Å². The van der Waals surface area contributed by atoms with Crippen molar-refractivity contribution in [3.63, 3.8) is 0 Å². The largest absolute Gasteiger partial charge is 0.390 e. The van der Waals surface area contributed by atoms with Crippen LogP contribution in [0.3, 0.4) is 0 Å². The van der Waals surface area contributed by atoms with Gasteiger partial charge in [0.2, 0.25) is 10.0 Å². The minimum atomic E-state index is -4.33. The summed E-state index contributed by atoms with van der Waals surface area (Å²) in [5, 5.41) is 12.5. The summed E-state index contributed by atoms with van der Waals surface area (Å²) < 4.78 is 52.4. The van der Waals surface area contributed by atoms with Crippen LogP contribution in [0.1, 0.15) is 0 Å². The summed E-state index contributed by atoms with van der Waals surface area (Å²) in [7, 11) is -3.14. The van der Waals surface area contributed by atoms with Crippen molar-refractivity contribution in [2.24, 2.45) is 0 Å². The van der Waals surface area contributed by atoms with Crippen molar-refractivity contribution >= 4 is 10.0 Å². The fraction of sp³-hybridized carbons (Fsp3) is 0.455. The molecule has 0 amide bonds. The number of likely N-dealkylation sites (N-methyl/N-ethyl adjacent to an activating group) is 1. The van der Waals surface area contributed by atoms with E-state index in [1.54, 1.807) is 0 Å². The number of nitrogens with zero attached hydrogens (tertiary/aromatic N) is 1. The van der Waals surface area contributed by atoms with Gasteiger partial charge < -0.3 is 10.4 Å². The Morgan fingerprint density at radius 3 is 2.37 bits per heavy atom. The molecule has 1 aliphatic rings. The fourth-order valence-corrected chi connectivity index (χ4v) is 3.56. The van der Waals surface area contributed by atoms with Crippen molar-refractivity contribution in [1.29, 1.82) is 0 Å². The molecule has 2 N–H and O–H groups in total. The van der Waals surface area contributed by atoms with Crippen LogP contribution in [0, 0.1) is 11.6 Å². The lowest BCUT2D eigenvalue weighted by molar-refractivity contribution is 0.136. The van der Waals surface area contributed by atoms with Gasteiger partial charge in [0.05, 0.1) is 12.1 Å². The van der Waals surface area contributed by atoms with E-state index in [2.05, 4.69) is 5.32 Å². The highest BCUT2D eigenvalue weighted by atomic mass is 32.2. The first kappa shape index (κ1) is 14.3. The van der Waals surface area contributed by atoms with Gasteiger partial charge >= 0.3 is 0 Å². The van der Waals surface area contributed by atoms with Gasteiger partial charge in [0.15, 0.2) is 4.90 Å². The van der Waals surface area contributed by atoms with Crippen LogP contribution < -0.4 is 5.32 Å². The molecule has 0 aromatic heterocycles. The van der Waals surface area contributed by atoms with Crippen LogP contribution in [0.25, 0.3) is 0 Å². The van der Waals surface area contributed by atoms with Crippen molar-refractivity contribution in [2.75, 3.05) is 20.1 Å². The maximum Gasteiger partial charge on any atom is 0.249 e. The van der Waals surface area contributed by atoms with Crippen LogP contribution in [0.5, 0.6) is 0 Å². The number of rotatable bonds is 3. The summed E-state index contributed by atoms with van der Waals surface area (Å²) >= 11 is 0. The number of hydrogen-bond donors (Lipinski definition) is 2. The monoisotopic (exact) mass is 292 g/mol. The van der Waals surface area contributed by atoms with Crippen molar-refractivity contribution in [1.82, 2.24) is 9.62 Å². The van der Waals surface area contributed by atoms with Gasteiger partial charge in [0.1, 0.15) is 11.6 Å². The second-order valence-corrected chi connectivity index (χ2v) is 6.30. The first-order valence-corrected chi connectivity index (χ1v) is 7.10. The predicted octanol–water partition coefficient (Wildman–Crippen LogP) is -0.0820. The van der Waals surface area contributed by atoms with Gasteiger partial charge in [-0.25, -0.2) is 17.2 Å². The molecule has 0 unspecified atom stereocenters. The zero-order valence-corrected chi connectivity index (χ0v) is 11.0. The molecule has 0 spiro atoms. The molecule has 1 fully saturated rings. The van der Waals surface area contributed by atoms with Gasteiger partial charge in [-0.3, -0.25) is 0 Å². The molecule has 8 heteroatoms. The lowest BCUT2D eigenvalue weighted by atomic mass is 10.2. The Morgan fingerprint density at radius 1 is 1.32 bits per heavy atom. The molecule has 5 nitrogen and oxygen atoms in total. The average Bonchev–Trinajstić information content (AvgIpc) is 2.73. The predicted molar refractivity (Wildman–Crippen MR) is 64.0 cm³/mol. The Hall–Kier alpha value is -1.09. The first-order valence-electron chi connectivity index (χ1n) is 5.66.